The predicted molar refractivity (Wildman–Crippen MR) is 99.4 cm³/mol. The number of carbonyl (C=O) groups excluding carboxylic acids is 2. The lowest BCUT2D eigenvalue weighted by molar-refractivity contribution is 0.0954. The van der Waals surface area contributed by atoms with Crippen LogP contribution in [0.2, 0.25) is 0 Å². The molecule has 2 amide bonds. The van der Waals surface area contributed by atoms with E-state index in [0.717, 1.165) is 17.7 Å². The summed E-state index contributed by atoms with van der Waals surface area (Å²) < 4.78 is 5.49. The minimum absolute atomic E-state index is 0.194. The van der Waals surface area contributed by atoms with Crippen molar-refractivity contribution in [2.45, 2.75) is 27.2 Å². The van der Waals surface area contributed by atoms with Crippen molar-refractivity contribution in [1.29, 1.82) is 0 Å². The van der Waals surface area contributed by atoms with Crippen LogP contribution in [0.25, 0.3) is 0 Å². The van der Waals surface area contributed by atoms with Crippen molar-refractivity contribution >= 4 is 17.5 Å². The molecular formula is C20H24N2O3. The minimum atomic E-state index is -0.262. The summed E-state index contributed by atoms with van der Waals surface area (Å²) in [6.45, 7) is 6.97. The molecule has 5 nitrogen and oxygen atoms in total. The molecular weight excluding hydrogens is 316 g/mol. The van der Waals surface area contributed by atoms with Crippen molar-refractivity contribution in [1.82, 2.24) is 5.32 Å². The molecule has 0 unspecified atom stereocenters. The fourth-order valence-corrected chi connectivity index (χ4v) is 2.43. The van der Waals surface area contributed by atoms with Crippen molar-refractivity contribution in [3.63, 3.8) is 0 Å². The van der Waals surface area contributed by atoms with E-state index in [1.54, 1.807) is 42.5 Å². The van der Waals surface area contributed by atoms with Crippen molar-refractivity contribution in [2.24, 2.45) is 0 Å². The Balaban J connectivity index is 2.18. The highest BCUT2D eigenvalue weighted by molar-refractivity contribution is 6.09. The maximum atomic E-state index is 12.5. The number of rotatable bonds is 7. The molecule has 2 rings (SSSR count). The van der Waals surface area contributed by atoms with Gasteiger partial charge in [-0.05, 0) is 56.2 Å². The molecule has 0 spiro atoms. The number of benzene rings is 2. The van der Waals surface area contributed by atoms with E-state index < -0.39 is 0 Å². The molecule has 0 radical (unpaired) electrons. The number of ether oxygens (including phenoxy) is 1. The zero-order valence-corrected chi connectivity index (χ0v) is 14.9. The van der Waals surface area contributed by atoms with E-state index in [0.29, 0.717) is 30.0 Å². The summed E-state index contributed by atoms with van der Waals surface area (Å²) in [6, 6.07) is 12.3. The van der Waals surface area contributed by atoms with Crippen molar-refractivity contribution < 1.29 is 14.3 Å². The average molecular weight is 340 g/mol. The van der Waals surface area contributed by atoms with Crippen molar-refractivity contribution in [3.05, 3.63) is 59.2 Å². The smallest absolute Gasteiger partial charge is 0.255 e. The van der Waals surface area contributed by atoms with Gasteiger partial charge in [0.05, 0.1) is 17.9 Å². The number of hydrogen-bond donors (Lipinski definition) is 2. The Kier molecular flexibility index (Phi) is 6.57. The number of para-hydroxylation sites is 1. The number of anilines is 1. The summed E-state index contributed by atoms with van der Waals surface area (Å²) in [4.78, 5) is 24.8. The molecule has 5 heteroatoms. The Morgan fingerprint density at radius 2 is 1.80 bits per heavy atom. The summed E-state index contributed by atoms with van der Waals surface area (Å²) >= 11 is 0. The molecule has 0 aliphatic carbocycles. The van der Waals surface area contributed by atoms with Gasteiger partial charge in [-0.15, -0.1) is 0 Å². The van der Waals surface area contributed by atoms with Gasteiger partial charge in [-0.3, -0.25) is 9.59 Å². The summed E-state index contributed by atoms with van der Waals surface area (Å²) in [6.07, 6.45) is 0.853. The van der Waals surface area contributed by atoms with E-state index in [1.807, 2.05) is 20.8 Å². The molecule has 0 aliphatic rings. The largest absolute Gasteiger partial charge is 0.494 e. The second-order valence-corrected chi connectivity index (χ2v) is 5.67. The SMILES string of the molecule is CCCNC(=O)c1ccccc1NC(=O)c1ccc(OCC)c(C)c1. The van der Waals surface area contributed by atoms with E-state index in [-0.39, 0.29) is 11.8 Å². The summed E-state index contributed by atoms with van der Waals surface area (Å²) in [5, 5.41) is 5.65. The van der Waals surface area contributed by atoms with E-state index in [1.165, 1.54) is 0 Å². The summed E-state index contributed by atoms with van der Waals surface area (Å²) in [7, 11) is 0. The fourth-order valence-electron chi connectivity index (χ4n) is 2.43. The van der Waals surface area contributed by atoms with E-state index >= 15 is 0 Å². The Morgan fingerprint density at radius 3 is 2.48 bits per heavy atom. The Labute approximate surface area is 148 Å². The van der Waals surface area contributed by atoms with Gasteiger partial charge < -0.3 is 15.4 Å². The molecule has 0 fully saturated rings. The molecule has 0 atom stereocenters. The molecule has 2 N–H and O–H groups in total. The highest BCUT2D eigenvalue weighted by Gasteiger charge is 2.14. The third kappa shape index (κ3) is 4.83. The maximum Gasteiger partial charge on any atom is 0.255 e. The number of hydrogen-bond acceptors (Lipinski definition) is 3. The molecule has 2 aromatic rings. The van der Waals surface area contributed by atoms with Crippen molar-refractivity contribution in [3.8, 4) is 5.75 Å². The third-order valence-corrected chi connectivity index (χ3v) is 3.69. The van der Waals surface area contributed by atoms with Crippen LogP contribution in [-0.2, 0) is 0 Å². The number of carbonyl (C=O) groups is 2. The molecule has 0 bridgehead atoms. The van der Waals surface area contributed by atoms with Gasteiger partial charge >= 0.3 is 0 Å². The lowest BCUT2D eigenvalue weighted by atomic mass is 10.1. The van der Waals surface area contributed by atoms with Gasteiger partial charge in [0.1, 0.15) is 5.75 Å². The van der Waals surface area contributed by atoms with Gasteiger partial charge in [0.15, 0.2) is 0 Å². The molecule has 0 aromatic heterocycles. The van der Waals surface area contributed by atoms with Crippen molar-refractivity contribution in [2.75, 3.05) is 18.5 Å². The van der Waals surface area contributed by atoms with Crippen LogP contribution in [0.4, 0.5) is 5.69 Å². The molecule has 0 heterocycles. The highest BCUT2D eigenvalue weighted by Crippen LogP contribution is 2.21. The van der Waals surface area contributed by atoms with Crippen LogP contribution >= 0.6 is 0 Å². The average Bonchev–Trinajstić information content (AvgIpc) is 2.62. The molecule has 0 aliphatic heterocycles. The molecule has 25 heavy (non-hydrogen) atoms. The number of nitrogens with one attached hydrogen (secondary N) is 2. The van der Waals surface area contributed by atoms with Crippen LogP contribution in [0.1, 0.15) is 46.5 Å². The van der Waals surface area contributed by atoms with E-state index in [9.17, 15) is 9.59 Å². The van der Waals surface area contributed by atoms with Gasteiger partial charge in [0.25, 0.3) is 11.8 Å². The molecule has 2 aromatic carbocycles. The standard InChI is InChI=1S/C20H24N2O3/c1-4-12-21-20(24)16-8-6-7-9-17(16)22-19(23)15-10-11-18(25-5-2)14(3)13-15/h6-11,13H,4-5,12H2,1-3H3,(H,21,24)(H,22,23). The summed E-state index contributed by atoms with van der Waals surface area (Å²) in [5.41, 5.74) is 2.35. The van der Waals surface area contributed by atoms with E-state index in [4.69, 9.17) is 4.74 Å². The monoisotopic (exact) mass is 340 g/mol. The Morgan fingerprint density at radius 1 is 1.04 bits per heavy atom. The van der Waals surface area contributed by atoms with Crippen LogP contribution in [0, 0.1) is 6.92 Å². The van der Waals surface area contributed by atoms with Crippen LogP contribution in [0.15, 0.2) is 42.5 Å². The molecule has 0 saturated carbocycles. The normalized spacial score (nSPS) is 10.2. The number of amides is 2. The van der Waals surface area contributed by atoms with E-state index in [2.05, 4.69) is 10.6 Å². The zero-order chi connectivity index (χ0) is 18.2. The lowest BCUT2D eigenvalue weighted by Gasteiger charge is -2.12. The summed E-state index contributed by atoms with van der Waals surface area (Å²) in [5.74, 6) is 0.306. The van der Waals surface area contributed by atoms with Gasteiger partial charge in [0, 0.05) is 12.1 Å². The first-order valence-electron chi connectivity index (χ1n) is 8.48. The Bertz CT molecular complexity index is 756. The third-order valence-electron chi connectivity index (χ3n) is 3.69. The second-order valence-electron chi connectivity index (χ2n) is 5.67. The fraction of sp³-hybridized carbons (Fsp3) is 0.300. The van der Waals surface area contributed by atoms with Crippen LogP contribution in [-0.4, -0.2) is 25.0 Å². The minimum Gasteiger partial charge on any atom is -0.494 e. The van der Waals surface area contributed by atoms with Gasteiger partial charge in [-0.2, -0.15) is 0 Å². The first kappa shape index (κ1) is 18.5. The first-order valence-corrected chi connectivity index (χ1v) is 8.48. The van der Waals surface area contributed by atoms with Gasteiger partial charge in [-0.25, -0.2) is 0 Å². The quantitative estimate of drug-likeness (QED) is 0.806. The van der Waals surface area contributed by atoms with Gasteiger partial charge in [0.2, 0.25) is 0 Å². The Hall–Kier alpha value is -2.82. The topological polar surface area (TPSA) is 67.4 Å². The molecule has 0 saturated heterocycles. The second kappa shape index (κ2) is 8.87. The van der Waals surface area contributed by atoms with Crippen LogP contribution in [0.5, 0.6) is 5.75 Å². The number of aryl methyl sites for hydroxylation is 1. The zero-order valence-electron chi connectivity index (χ0n) is 14.9. The predicted octanol–water partition coefficient (Wildman–Crippen LogP) is 3.79. The van der Waals surface area contributed by atoms with Crippen LogP contribution in [0.3, 0.4) is 0 Å². The molecule has 132 valence electrons. The van der Waals surface area contributed by atoms with Gasteiger partial charge in [-0.1, -0.05) is 19.1 Å². The lowest BCUT2D eigenvalue weighted by Crippen LogP contribution is -2.25. The maximum absolute atomic E-state index is 12.5. The first-order chi connectivity index (χ1) is 12.1. The highest BCUT2D eigenvalue weighted by atomic mass is 16.5. The van der Waals surface area contributed by atoms with Crippen LogP contribution < -0.4 is 15.4 Å².